The molecule has 0 saturated heterocycles. The molecule has 0 spiro atoms. The van der Waals surface area contributed by atoms with Crippen molar-refractivity contribution in [2.24, 2.45) is 5.92 Å². The van der Waals surface area contributed by atoms with E-state index in [1.807, 2.05) is 37.3 Å². The number of rotatable bonds is 4. The fourth-order valence-corrected chi connectivity index (χ4v) is 2.53. The van der Waals surface area contributed by atoms with Gasteiger partial charge < -0.3 is 5.32 Å². The zero-order chi connectivity index (χ0) is 13.0. The van der Waals surface area contributed by atoms with Crippen molar-refractivity contribution in [3.05, 3.63) is 24.3 Å². The molecule has 1 N–H and O–H groups in total. The summed E-state index contributed by atoms with van der Waals surface area (Å²) < 4.78 is 1.02. The van der Waals surface area contributed by atoms with Gasteiger partial charge in [-0.2, -0.15) is 5.26 Å². The summed E-state index contributed by atoms with van der Waals surface area (Å²) in [5, 5.41) is 12.2. The lowest BCUT2D eigenvalue weighted by molar-refractivity contribution is -0.118. The minimum atomic E-state index is -0.595. The predicted molar refractivity (Wildman–Crippen MR) is 72.3 cm³/mol. The monoisotopic (exact) mass is 259 g/mol. The van der Waals surface area contributed by atoms with Crippen LogP contribution in [0.15, 0.2) is 24.3 Å². The molecular weight excluding hydrogens is 246 g/mol. The number of carbonyl (C=O) groups excluding carboxylic acids is 1. The number of nitrogens with one attached hydrogen (secondary N) is 1. The van der Waals surface area contributed by atoms with Gasteiger partial charge in [0, 0.05) is 0 Å². The van der Waals surface area contributed by atoms with Crippen LogP contribution < -0.4 is 5.32 Å². The number of para-hydroxylation sites is 1. The average Bonchev–Trinajstić information content (AvgIpc) is 2.77. The van der Waals surface area contributed by atoms with Gasteiger partial charge in [-0.1, -0.05) is 36.8 Å². The summed E-state index contributed by atoms with van der Waals surface area (Å²) in [6.07, 6.45) is 1.39. The van der Waals surface area contributed by atoms with Crippen LogP contribution in [-0.2, 0) is 4.79 Å². The molecule has 0 aliphatic rings. The van der Waals surface area contributed by atoms with Gasteiger partial charge in [-0.05, 0) is 18.6 Å². The van der Waals surface area contributed by atoms with Crippen molar-refractivity contribution < 1.29 is 4.79 Å². The largest absolute Gasteiger partial charge is 0.301 e. The standard InChI is InChI=1S/C13H13N3OS/c1-2-5-9(8-14)12(17)16-13-15-10-6-3-4-7-11(10)18-13/h3-4,6-7,9H,2,5H2,1H3,(H,15,16,17). The van der Waals surface area contributed by atoms with Gasteiger partial charge in [0.05, 0.1) is 16.3 Å². The van der Waals surface area contributed by atoms with Gasteiger partial charge in [0.1, 0.15) is 5.92 Å². The maximum absolute atomic E-state index is 11.8. The van der Waals surface area contributed by atoms with E-state index in [1.165, 1.54) is 11.3 Å². The molecule has 0 radical (unpaired) electrons. The van der Waals surface area contributed by atoms with Crippen LogP contribution in [0, 0.1) is 17.2 Å². The van der Waals surface area contributed by atoms with Crippen molar-refractivity contribution in [3.8, 4) is 6.07 Å². The summed E-state index contributed by atoms with van der Waals surface area (Å²) in [4.78, 5) is 16.2. The first-order valence-corrected chi connectivity index (χ1v) is 6.62. The van der Waals surface area contributed by atoms with Crippen molar-refractivity contribution >= 4 is 32.6 Å². The van der Waals surface area contributed by atoms with Gasteiger partial charge in [0.15, 0.2) is 5.13 Å². The third-order valence-corrected chi connectivity index (χ3v) is 3.53. The maximum atomic E-state index is 11.8. The van der Waals surface area contributed by atoms with Crippen LogP contribution in [0.25, 0.3) is 10.2 Å². The normalized spacial score (nSPS) is 12.0. The second kappa shape index (κ2) is 5.61. The molecule has 4 nitrogen and oxygen atoms in total. The summed E-state index contributed by atoms with van der Waals surface area (Å²) in [6, 6.07) is 9.71. The van der Waals surface area contributed by atoms with E-state index in [9.17, 15) is 4.79 Å². The van der Waals surface area contributed by atoms with Crippen LogP contribution in [0.1, 0.15) is 19.8 Å². The summed E-state index contributed by atoms with van der Waals surface area (Å²) in [5.41, 5.74) is 0.863. The Kier molecular flexibility index (Phi) is 3.90. The van der Waals surface area contributed by atoms with E-state index in [0.29, 0.717) is 11.6 Å². The third-order valence-electron chi connectivity index (χ3n) is 2.57. The van der Waals surface area contributed by atoms with E-state index in [4.69, 9.17) is 5.26 Å². The SMILES string of the molecule is CCCC(C#N)C(=O)Nc1nc2ccccc2s1. The molecule has 0 bridgehead atoms. The van der Waals surface area contributed by atoms with Gasteiger partial charge in [0.2, 0.25) is 5.91 Å². The number of anilines is 1. The summed E-state index contributed by atoms with van der Waals surface area (Å²) in [6.45, 7) is 1.95. The molecule has 0 saturated carbocycles. The number of hydrogen-bond donors (Lipinski definition) is 1. The minimum absolute atomic E-state index is 0.265. The molecule has 0 aliphatic heterocycles. The van der Waals surface area contributed by atoms with Gasteiger partial charge in [-0.3, -0.25) is 4.79 Å². The number of nitriles is 1. The van der Waals surface area contributed by atoms with Crippen molar-refractivity contribution in [1.29, 1.82) is 5.26 Å². The molecule has 5 heteroatoms. The molecule has 1 amide bonds. The van der Waals surface area contributed by atoms with Crippen LogP contribution in [0.2, 0.25) is 0 Å². The first kappa shape index (κ1) is 12.5. The summed E-state index contributed by atoms with van der Waals surface area (Å²) in [7, 11) is 0. The fourth-order valence-electron chi connectivity index (χ4n) is 1.66. The van der Waals surface area contributed by atoms with Gasteiger partial charge in [0.25, 0.3) is 0 Å². The Morgan fingerprint density at radius 2 is 2.33 bits per heavy atom. The topological polar surface area (TPSA) is 65.8 Å². The molecule has 2 aromatic rings. The lowest BCUT2D eigenvalue weighted by Crippen LogP contribution is -2.21. The highest BCUT2D eigenvalue weighted by Gasteiger charge is 2.18. The lowest BCUT2D eigenvalue weighted by atomic mass is 10.1. The van der Waals surface area contributed by atoms with Crippen molar-refractivity contribution in [2.45, 2.75) is 19.8 Å². The Hall–Kier alpha value is -1.93. The second-order valence-electron chi connectivity index (χ2n) is 3.95. The lowest BCUT2D eigenvalue weighted by Gasteiger charge is -2.05. The van der Waals surface area contributed by atoms with Crippen LogP contribution in [-0.4, -0.2) is 10.9 Å². The molecule has 18 heavy (non-hydrogen) atoms. The fraction of sp³-hybridized carbons (Fsp3) is 0.308. The number of aromatic nitrogens is 1. The quantitative estimate of drug-likeness (QED) is 0.917. The molecule has 2 rings (SSSR count). The number of fused-ring (bicyclic) bond motifs is 1. The van der Waals surface area contributed by atoms with Crippen LogP contribution in [0.3, 0.4) is 0 Å². The molecule has 0 fully saturated rings. The number of carbonyl (C=O) groups is 1. The van der Waals surface area contributed by atoms with E-state index in [-0.39, 0.29) is 5.91 Å². The molecule has 1 heterocycles. The van der Waals surface area contributed by atoms with E-state index in [1.54, 1.807) is 0 Å². The van der Waals surface area contributed by atoms with Crippen LogP contribution in [0.4, 0.5) is 5.13 Å². The average molecular weight is 259 g/mol. The summed E-state index contributed by atoms with van der Waals surface area (Å²) >= 11 is 1.42. The Morgan fingerprint density at radius 3 is 3.00 bits per heavy atom. The molecule has 1 atom stereocenters. The van der Waals surface area contributed by atoms with Crippen molar-refractivity contribution in [1.82, 2.24) is 4.98 Å². The van der Waals surface area contributed by atoms with Crippen LogP contribution in [0.5, 0.6) is 0 Å². The predicted octanol–water partition coefficient (Wildman–Crippen LogP) is 3.17. The molecule has 0 aliphatic carbocycles. The van der Waals surface area contributed by atoms with Gasteiger partial charge >= 0.3 is 0 Å². The van der Waals surface area contributed by atoms with Gasteiger partial charge in [-0.25, -0.2) is 4.98 Å². The highest BCUT2D eigenvalue weighted by atomic mass is 32.1. The number of hydrogen-bond acceptors (Lipinski definition) is 4. The number of thiazole rings is 1. The maximum Gasteiger partial charge on any atom is 0.243 e. The number of nitrogens with zero attached hydrogens (tertiary/aromatic N) is 2. The molecular formula is C13H13N3OS. The number of benzene rings is 1. The third kappa shape index (κ3) is 2.66. The van der Waals surface area contributed by atoms with E-state index >= 15 is 0 Å². The smallest absolute Gasteiger partial charge is 0.243 e. The Morgan fingerprint density at radius 1 is 1.56 bits per heavy atom. The second-order valence-corrected chi connectivity index (χ2v) is 4.98. The Bertz CT molecular complexity index is 567. The zero-order valence-corrected chi connectivity index (χ0v) is 10.8. The minimum Gasteiger partial charge on any atom is -0.301 e. The zero-order valence-electron chi connectivity index (χ0n) is 10.0. The highest BCUT2D eigenvalue weighted by molar-refractivity contribution is 7.22. The van der Waals surface area contributed by atoms with Crippen molar-refractivity contribution in [2.75, 3.05) is 5.32 Å². The first-order valence-electron chi connectivity index (χ1n) is 5.80. The number of amides is 1. The molecule has 1 aromatic heterocycles. The molecule has 1 unspecified atom stereocenters. The van der Waals surface area contributed by atoms with Gasteiger partial charge in [-0.15, -0.1) is 0 Å². The van der Waals surface area contributed by atoms with E-state index < -0.39 is 5.92 Å². The van der Waals surface area contributed by atoms with E-state index in [2.05, 4.69) is 10.3 Å². The molecule has 1 aromatic carbocycles. The first-order chi connectivity index (χ1) is 8.74. The van der Waals surface area contributed by atoms with Crippen molar-refractivity contribution in [3.63, 3.8) is 0 Å². The molecule has 92 valence electrons. The Balaban J connectivity index is 2.13. The van der Waals surface area contributed by atoms with Crippen LogP contribution >= 0.6 is 11.3 Å². The highest BCUT2D eigenvalue weighted by Crippen LogP contribution is 2.25. The Labute approximate surface area is 109 Å². The summed E-state index contributed by atoms with van der Waals surface area (Å²) in [5.74, 6) is -0.861. The van der Waals surface area contributed by atoms with E-state index in [0.717, 1.165) is 16.6 Å².